The summed E-state index contributed by atoms with van der Waals surface area (Å²) in [6.45, 7) is 5.21. The van der Waals surface area contributed by atoms with Gasteiger partial charge in [0.1, 0.15) is 11.6 Å². The zero-order valence-corrected chi connectivity index (χ0v) is 9.46. The van der Waals surface area contributed by atoms with E-state index in [4.69, 9.17) is 5.73 Å². The summed E-state index contributed by atoms with van der Waals surface area (Å²) in [7, 11) is 4.10. The highest BCUT2D eigenvalue weighted by molar-refractivity contribution is 5.37. The minimum atomic E-state index is 0.413. The summed E-state index contributed by atoms with van der Waals surface area (Å²) in [6, 6.07) is 0. The first kappa shape index (κ1) is 11.0. The van der Waals surface area contributed by atoms with Gasteiger partial charge in [-0.2, -0.15) is 0 Å². The van der Waals surface area contributed by atoms with E-state index in [-0.39, 0.29) is 0 Å². The highest BCUT2D eigenvalue weighted by Gasteiger charge is 2.10. The molecule has 0 aromatic carbocycles. The summed E-state index contributed by atoms with van der Waals surface area (Å²) in [6.07, 6.45) is 0.921. The molecule has 0 amide bonds. The fourth-order valence-electron chi connectivity index (χ4n) is 1.34. The Morgan fingerprint density at radius 3 is 2.50 bits per heavy atom. The smallest absolute Gasteiger partial charge is 0.145 e. The molecule has 0 radical (unpaired) electrons. The number of hydrogen-bond acceptors (Lipinski definition) is 3. The van der Waals surface area contributed by atoms with Crippen LogP contribution < -0.4 is 5.73 Å². The largest absolute Gasteiger partial charge is 0.382 e. The Balaban J connectivity index is 2.66. The monoisotopic (exact) mass is 196 g/mol. The van der Waals surface area contributed by atoms with Crippen molar-refractivity contribution in [1.82, 2.24) is 14.9 Å². The van der Waals surface area contributed by atoms with E-state index in [1.165, 1.54) is 0 Å². The first-order chi connectivity index (χ1) is 6.50. The van der Waals surface area contributed by atoms with E-state index in [0.717, 1.165) is 24.5 Å². The van der Waals surface area contributed by atoms with E-state index >= 15 is 0 Å². The van der Waals surface area contributed by atoms with Gasteiger partial charge in [-0.15, -0.1) is 0 Å². The van der Waals surface area contributed by atoms with Crippen molar-refractivity contribution < 1.29 is 0 Å². The third kappa shape index (κ3) is 2.73. The summed E-state index contributed by atoms with van der Waals surface area (Å²) in [5, 5.41) is 0. The number of H-pyrrole nitrogens is 1. The molecular weight excluding hydrogens is 176 g/mol. The lowest BCUT2D eigenvalue weighted by molar-refractivity contribution is 0.410. The van der Waals surface area contributed by atoms with Crippen LogP contribution in [-0.2, 0) is 6.42 Å². The number of aromatic nitrogens is 2. The van der Waals surface area contributed by atoms with Crippen LogP contribution in [0.5, 0.6) is 0 Å². The summed E-state index contributed by atoms with van der Waals surface area (Å²) in [5.41, 5.74) is 6.85. The van der Waals surface area contributed by atoms with E-state index < -0.39 is 0 Å². The summed E-state index contributed by atoms with van der Waals surface area (Å²) in [5.74, 6) is 2.05. The van der Waals surface area contributed by atoms with Crippen molar-refractivity contribution in [2.45, 2.75) is 26.2 Å². The van der Waals surface area contributed by atoms with Crippen molar-refractivity contribution in [2.75, 3.05) is 26.4 Å². The van der Waals surface area contributed by atoms with E-state index in [1.807, 2.05) is 0 Å². The van der Waals surface area contributed by atoms with Gasteiger partial charge in [-0.3, -0.25) is 0 Å². The number of nitrogens with two attached hydrogens (primary N) is 1. The lowest BCUT2D eigenvalue weighted by Gasteiger charge is -2.06. The fraction of sp³-hybridized carbons (Fsp3) is 0.700. The Morgan fingerprint density at radius 1 is 1.43 bits per heavy atom. The van der Waals surface area contributed by atoms with Crippen LogP contribution in [0.15, 0.2) is 0 Å². The zero-order valence-electron chi connectivity index (χ0n) is 9.46. The van der Waals surface area contributed by atoms with Crippen molar-refractivity contribution in [1.29, 1.82) is 0 Å². The molecule has 0 saturated carbocycles. The van der Waals surface area contributed by atoms with Crippen LogP contribution in [0.4, 0.5) is 5.82 Å². The van der Waals surface area contributed by atoms with Crippen LogP contribution >= 0.6 is 0 Å². The molecular formula is C10H20N4. The highest BCUT2D eigenvalue weighted by Crippen LogP contribution is 2.18. The molecule has 0 atom stereocenters. The Bertz CT molecular complexity index is 288. The number of anilines is 1. The van der Waals surface area contributed by atoms with E-state index in [0.29, 0.717) is 11.7 Å². The molecule has 0 fully saturated rings. The molecule has 0 aliphatic carbocycles. The molecule has 0 aliphatic rings. The highest BCUT2D eigenvalue weighted by atomic mass is 15.1. The summed E-state index contributed by atoms with van der Waals surface area (Å²) < 4.78 is 0. The maximum atomic E-state index is 5.79. The Morgan fingerprint density at radius 2 is 2.07 bits per heavy atom. The number of hydrogen-bond donors (Lipinski definition) is 2. The van der Waals surface area contributed by atoms with Crippen LogP contribution in [0.3, 0.4) is 0 Å². The second-order valence-corrected chi connectivity index (χ2v) is 4.19. The molecule has 3 N–H and O–H groups in total. The maximum Gasteiger partial charge on any atom is 0.145 e. The number of imidazole rings is 1. The number of rotatable bonds is 4. The van der Waals surface area contributed by atoms with Crippen molar-refractivity contribution in [3.63, 3.8) is 0 Å². The first-order valence-electron chi connectivity index (χ1n) is 4.99. The van der Waals surface area contributed by atoms with Crippen molar-refractivity contribution in [2.24, 2.45) is 0 Å². The average molecular weight is 196 g/mol. The quantitative estimate of drug-likeness (QED) is 0.761. The average Bonchev–Trinajstić information content (AvgIpc) is 2.43. The van der Waals surface area contributed by atoms with Gasteiger partial charge in [0.2, 0.25) is 0 Å². The molecule has 1 aromatic rings. The van der Waals surface area contributed by atoms with E-state index in [2.05, 4.69) is 42.8 Å². The second-order valence-electron chi connectivity index (χ2n) is 4.19. The molecule has 0 spiro atoms. The molecule has 0 bridgehead atoms. The van der Waals surface area contributed by atoms with Gasteiger partial charge in [-0.25, -0.2) is 4.98 Å². The number of nitrogen functional groups attached to an aromatic ring is 1. The van der Waals surface area contributed by atoms with Gasteiger partial charge in [0, 0.05) is 13.0 Å². The minimum absolute atomic E-state index is 0.413. The van der Waals surface area contributed by atoms with Gasteiger partial charge >= 0.3 is 0 Å². The predicted molar refractivity (Wildman–Crippen MR) is 59.3 cm³/mol. The zero-order chi connectivity index (χ0) is 10.7. The lowest BCUT2D eigenvalue weighted by atomic mass is 10.1. The van der Waals surface area contributed by atoms with Crippen molar-refractivity contribution in [3.8, 4) is 0 Å². The normalized spacial score (nSPS) is 11.6. The summed E-state index contributed by atoms with van der Waals surface area (Å²) in [4.78, 5) is 9.71. The number of nitrogens with zero attached hydrogens (tertiary/aromatic N) is 2. The van der Waals surface area contributed by atoms with Crippen LogP contribution in [0.1, 0.15) is 31.3 Å². The van der Waals surface area contributed by atoms with Gasteiger partial charge in [0.05, 0.1) is 5.69 Å². The maximum absolute atomic E-state index is 5.79. The molecule has 4 nitrogen and oxygen atoms in total. The molecule has 80 valence electrons. The van der Waals surface area contributed by atoms with Crippen LogP contribution in [0.25, 0.3) is 0 Å². The van der Waals surface area contributed by atoms with Crippen LogP contribution in [0, 0.1) is 0 Å². The van der Waals surface area contributed by atoms with Crippen molar-refractivity contribution >= 4 is 5.82 Å². The van der Waals surface area contributed by atoms with E-state index in [1.54, 1.807) is 0 Å². The van der Waals surface area contributed by atoms with Gasteiger partial charge in [0.15, 0.2) is 0 Å². The molecule has 1 rings (SSSR count). The number of aromatic amines is 1. The third-order valence-corrected chi connectivity index (χ3v) is 2.18. The Labute approximate surface area is 85.5 Å². The van der Waals surface area contributed by atoms with Gasteiger partial charge in [-0.05, 0) is 20.0 Å². The molecule has 14 heavy (non-hydrogen) atoms. The minimum Gasteiger partial charge on any atom is -0.382 e. The fourth-order valence-corrected chi connectivity index (χ4v) is 1.34. The van der Waals surface area contributed by atoms with Gasteiger partial charge in [0.25, 0.3) is 0 Å². The Hall–Kier alpha value is -1.03. The standard InChI is InChI=1S/C10H20N4/c1-7(2)9-10(11)13-8(12-9)5-6-14(3)4/h7H,5-6,11H2,1-4H3,(H,12,13). The lowest BCUT2D eigenvalue weighted by Crippen LogP contribution is -2.15. The third-order valence-electron chi connectivity index (χ3n) is 2.18. The van der Waals surface area contributed by atoms with Crippen LogP contribution in [-0.4, -0.2) is 35.5 Å². The first-order valence-corrected chi connectivity index (χ1v) is 4.99. The molecule has 1 aromatic heterocycles. The van der Waals surface area contributed by atoms with E-state index in [9.17, 15) is 0 Å². The Kier molecular flexibility index (Phi) is 3.52. The van der Waals surface area contributed by atoms with Gasteiger partial charge < -0.3 is 15.6 Å². The number of nitrogens with one attached hydrogen (secondary N) is 1. The second kappa shape index (κ2) is 4.46. The number of likely N-dealkylation sites (N-methyl/N-ethyl adjacent to an activating group) is 1. The van der Waals surface area contributed by atoms with Crippen molar-refractivity contribution in [3.05, 3.63) is 11.5 Å². The van der Waals surface area contributed by atoms with Crippen LogP contribution in [0.2, 0.25) is 0 Å². The molecule has 1 heterocycles. The molecule has 0 unspecified atom stereocenters. The summed E-state index contributed by atoms with van der Waals surface area (Å²) >= 11 is 0. The molecule has 4 heteroatoms. The topological polar surface area (TPSA) is 57.9 Å². The molecule has 0 aliphatic heterocycles. The van der Waals surface area contributed by atoms with Gasteiger partial charge in [-0.1, -0.05) is 13.8 Å². The SMILES string of the molecule is CC(C)c1[nH]c(CCN(C)C)nc1N. The predicted octanol–water partition coefficient (Wildman–Crippen LogP) is 1.22. The molecule has 0 saturated heterocycles.